The van der Waals surface area contributed by atoms with Gasteiger partial charge in [-0.15, -0.1) is 0 Å². The van der Waals surface area contributed by atoms with Crippen LogP contribution in [0.1, 0.15) is 33.5 Å². The fraction of sp³-hybridized carbons (Fsp3) is 0.238. The van der Waals surface area contributed by atoms with Crippen LogP contribution in [0.3, 0.4) is 0 Å². The summed E-state index contributed by atoms with van der Waals surface area (Å²) in [5.41, 5.74) is 2.96. The number of aromatic nitrogens is 5. The molecule has 3 heterocycles. The highest BCUT2D eigenvalue weighted by molar-refractivity contribution is 5.97. The first-order valence-electron chi connectivity index (χ1n) is 9.19. The molecule has 1 N–H and O–H groups in total. The molecule has 0 aliphatic carbocycles. The molecule has 0 aliphatic rings. The number of nitrogens with one attached hydrogen (secondary N) is 1. The molecule has 0 spiro atoms. The molecule has 4 aromatic rings. The van der Waals surface area contributed by atoms with Crippen molar-refractivity contribution in [3.8, 4) is 5.75 Å². The van der Waals surface area contributed by atoms with Crippen molar-refractivity contribution in [2.45, 2.75) is 13.0 Å². The molecule has 0 unspecified atom stereocenters. The van der Waals surface area contributed by atoms with Crippen LogP contribution in [0.2, 0.25) is 0 Å². The number of methoxy groups -OCH3 is 1. The number of hydrogen-bond donors (Lipinski definition) is 1. The quantitative estimate of drug-likeness (QED) is 0.566. The zero-order chi connectivity index (χ0) is 20.5. The number of rotatable bonds is 5. The van der Waals surface area contributed by atoms with Gasteiger partial charge < -0.3 is 14.6 Å². The number of hydrogen-bond acceptors (Lipinski definition) is 5. The molecule has 3 aromatic heterocycles. The fourth-order valence-corrected chi connectivity index (χ4v) is 3.40. The molecular formula is C21H22N6O2. The second-order valence-electron chi connectivity index (χ2n) is 6.88. The number of fused-ring (bicyclic) bond motifs is 1. The van der Waals surface area contributed by atoms with Gasteiger partial charge in [0.15, 0.2) is 5.65 Å². The van der Waals surface area contributed by atoms with Gasteiger partial charge in [0.25, 0.3) is 5.91 Å². The van der Waals surface area contributed by atoms with Crippen molar-refractivity contribution in [2.75, 3.05) is 7.11 Å². The molecule has 1 amide bonds. The van der Waals surface area contributed by atoms with E-state index in [0.29, 0.717) is 5.56 Å². The van der Waals surface area contributed by atoms with Crippen molar-refractivity contribution in [1.29, 1.82) is 0 Å². The van der Waals surface area contributed by atoms with Crippen LogP contribution in [0.15, 0.2) is 48.9 Å². The number of carbonyl (C=O) groups is 1. The van der Waals surface area contributed by atoms with Crippen LogP contribution in [0.5, 0.6) is 5.75 Å². The highest BCUT2D eigenvalue weighted by Gasteiger charge is 2.22. The molecule has 1 aromatic carbocycles. The minimum atomic E-state index is -0.418. The second-order valence-corrected chi connectivity index (χ2v) is 6.88. The Balaban J connectivity index is 1.69. The van der Waals surface area contributed by atoms with E-state index in [1.54, 1.807) is 24.2 Å². The lowest BCUT2D eigenvalue weighted by Gasteiger charge is -2.19. The molecule has 29 heavy (non-hydrogen) atoms. The SMILES string of the molecule is COc1ccc([C@H](NC(=O)c2cnc3c(c2)c(C)nn3C)c2nccn2C)cc1. The zero-order valence-corrected chi connectivity index (χ0v) is 16.7. The van der Waals surface area contributed by atoms with Crippen molar-refractivity contribution in [3.05, 3.63) is 71.6 Å². The standard InChI is InChI=1S/C21H22N6O2/c1-13-17-11-15(12-23-19(17)27(3)25-13)21(28)24-18(20-22-9-10-26(20)2)14-5-7-16(29-4)8-6-14/h5-12,18H,1-4H3,(H,24,28)/t18-/m0/s1. The molecule has 1 atom stereocenters. The lowest BCUT2D eigenvalue weighted by molar-refractivity contribution is 0.0941. The topological polar surface area (TPSA) is 86.9 Å². The Hall–Kier alpha value is -3.68. The second kappa shape index (κ2) is 7.38. The Labute approximate surface area is 168 Å². The summed E-state index contributed by atoms with van der Waals surface area (Å²) in [6, 6.07) is 8.98. The van der Waals surface area contributed by atoms with Crippen molar-refractivity contribution < 1.29 is 9.53 Å². The van der Waals surface area contributed by atoms with E-state index in [2.05, 4.69) is 20.4 Å². The summed E-state index contributed by atoms with van der Waals surface area (Å²) in [5, 5.41) is 8.32. The smallest absolute Gasteiger partial charge is 0.253 e. The van der Waals surface area contributed by atoms with E-state index in [9.17, 15) is 4.79 Å². The Morgan fingerprint density at radius 3 is 2.59 bits per heavy atom. The number of imidazole rings is 1. The first-order valence-corrected chi connectivity index (χ1v) is 9.19. The van der Waals surface area contributed by atoms with Gasteiger partial charge >= 0.3 is 0 Å². The van der Waals surface area contributed by atoms with Crippen LogP contribution in [0.25, 0.3) is 11.0 Å². The Morgan fingerprint density at radius 2 is 1.93 bits per heavy atom. The summed E-state index contributed by atoms with van der Waals surface area (Å²) in [6.07, 6.45) is 5.14. The minimum Gasteiger partial charge on any atom is -0.497 e. The van der Waals surface area contributed by atoms with Gasteiger partial charge in [0.1, 0.15) is 17.6 Å². The first-order chi connectivity index (χ1) is 14.0. The molecule has 8 nitrogen and oxygen atoms in total. The summed E-state index contributed by atoms with van der Waals surface area (Å²) < 4.78 is 8.84. The molecule has 0 fully saturated rings. The molecule has 148 valence electrons. The van der Waals surface area contributed by atoms with E-state index in [0.717, 1.165) is 33.9 Å². The average Bonchev–Trinajstić information content (AvgIpc) is 3.28. The molecule has 0 aliphatic heterocycles. The van der Waals surface area contributed by atoms with Crippen LogP contribution >= 0.6 is 0 Å². The Kier molecular flexibility index (Phi) is 4.75. The summed E-state index contributed by atoms with van der Waals surface area (Å²) in [6.45, 7) is 1.90. The van der Waals surface area contributed by atoms with E-state index in [-0.39, 0.29) is 5.91 Å². The Morgan fingerprint density at radius 1 is 1.17 bits per heavy atom. The van der Waals surface area contributed by atoms with E-state index >= 15 is 0 Å². The predicted molar refractivity (Wildman–Crippen MR) is 109 cm³/mol. The van der Waals surface area contributed by atoms with Crippen LogP contribution in [0.4, 0.5) is 0 Å². The van der Waals surface area contributed by atoms with Crippen molar-refractivity contribution in [2.24, 2.45) is 14.1 Å². The third-order valence-electron chi connectivity index (χ3n) is 4.97. The van der Waals surface area contributed by atoms with Crippen LogP contribution < -0.4 is 10.1 Å². The van der Waals surface area contributed by atoms with Crippen LogP contribution in [0, 0.1) is 6.92 Å². The number of carbonyl (C=O) groups excluding carboxylic acids is 1. The number of ether oxygens (including phenoxy) is 1. The van der Waals surface area contributed by atoms with Crippen molar-refractivity contribution in [3.63, 3.8) is 0 Å². The minimum absolute atomic E-state index is 0.230. The maximum atomic E-state index is 13.1. The number of nitrogens with zero attached hydrogens (tertiary/aromatic N) is 5. The van der Waals surface area contributed by atoms with E-state index in [1.807, 2.05) is 62.1 Å². The van der Waals surface area contributed by atoms with Gasteiger partial charge in [-0.25, -0.2) is 9.97 Å². The maximum Gasteiger partial charge on any atom is 0.253 e. The van der Waals surface area contributed by atoms with Gasteiger partial charge in [-0.2, -0.15) is 5.10 Å². The third-order valence-corrected chi connectivity index (χ3v) is 4.97. The highest BCUT2D eigenvalue weighted by Crippen LogP contribution is 2.24. The molecule has 0 saturated carbocycles. The van der Waals surface area contributed by atoms with Crippen molar-refractivity contribution in [1.82, 2.24) is 29.6 Å². The number of benzene rings is 1. The molecule has 0 radical (unpaired) electrons. The molecule has 8 heteroatoms. The van der Waals surface area contributed by atoms with Gasteiger partial charge in [0.2, 0.25) is 0 Å². The summed E-state index contributed by atoms with van der Waals surface area (Å²) >= 11 is 0. The Bertz CT molecular complexity index is 1180. The highest BCUT2D eigenvalue weighted by atomic mass is 16.5. The largest absolute Gasteiger partial charge is 0.497 e. The third kappa shape index (κ3) is 3.44. The average molecular weight is 390 g/mol. The van der Waals surface area contributed by atoms with Crippen LogP contribution in [-0.4, -0.2) is 37.3 Å². The van der Waals surface area contributed by atoms with Gasteiger partial charge in [-0.3, -0.25) is 9.48 Å². The number of pyridine rings is 1. The molecule has 4 rings (SSSR count). The predicted octanol–water partition coefficient (Wildman–Crippen LogP) is 2.54. The van der Waals surface area contributed by atoms with Gasteiger partial charge in [-0.1, -0.05) is 12.1 Å². The summed E-state index contributed by atoms with van der Waals surface area (Å²) in [4.78, 5) is 21.9. The fourth-order valence-electron chi connectivity index (χ4n) is 3.40. The molecule has 0 bridgehead atoms. The summed E-state index contributed by atoms with van der Waals surface area (Å²) in [7, 11) is 5.36. The summed E-state index contributed by atoms with van der Waals surface area (Å²) in [5.74, 6) is 1.25. The van der Waals surface area contributed by atoms with Gasteiger partial charge in [-0.05, 0) is 30.7 Å². The monoisotopic (exact) mass is 390 g/mol. The van der Waals surface area contributed by atoms with E-state index in [1.165, 1.54) is 0 Å². The molecular weight excluding hydrogens is 368 g/mol. The molecule has 0 saturated heterocycles. The first kappa shape index (κ1) is 18.7. The lowest BCUT2D eigenvalue weighted by Crippen LogP contribution is -2.31. The lowest BCUT2D eigenvalue weighted by atomic mass is 10.0. The zero-order valence-electron chi connectivity index (χ0n) is 16.7. The van der Waals surface area contributed by atoms with E-state index < -0.39 is 6.04 Å². The maximum absolute atomic E-state index is 13.1. The number of amides is 1. The van der Waals surface area contributed by atoms with Crippen LogP contribution in [-0.2, 0) is 14.1 Å². The number of aryl methyl sites for hydroxylation is 3. The normalized spacial score (nSPS) is 12.1. The van der Waals surface area contributed by atoms with Crippen molar-refractivity contribution >= 4 is 16.9 Å². The van der Waals surface area contributed by atoms with E-state index in [4.69, 9.17) is 4.74 Å². The van der Waals surface area contributed by atoms with Gasteiger partial charge in [0, 0.05) is 38.1 Å². The van der Waals surface area contributed by atoms with Gasteiger partial charge in [0.05, 0.1) is 18.4 Å².